The second-order valence-electron chi connectivity index (χ2n) is 7.05. The third kappa shape index (κ3) is 5.75. The van der Waals surface area contributed by atoms with Gasteiger partial charge >= 0.3 is 18.2 Å². The Morgan fingerprint density at radius 3 is 2.22 bits per heavy atom. The van der Waals surface area contributed by atoms with Gasteiger partial charge in [-0.3, -0.25) is 9.69 Å². The van der Waals surface area contributed by atoms with Crippen LogP contribution < -0.4 is 4.74 Å². The Balaban J connectivity index is 2.56. The number of ether oxygens (including phenoxy) is 1. The molecule has 0 aliphatic rings. The number of likely N-dealkylation sites (N-methyl/N-ethyl adjacent to an activating group) is 2. The Morgan fingerprint density at radius 2 is 1.69 bits per heavy atom. The molecule has 2 amide bonds. The third-order valence-electron chi connectivity index (χ3n) is 4.89. The molecule has 2 aromatic rings. The zero-order chi connectivity index (χ0) is 24.1. The van der Waals surface area contributed by atoms with Crippen LogP contribution in [-0.4, -0.2) is 48.6 Å². The fourth-order valence-electron chi connectivity index (χ4n) is 3.25. The van der Waals surface area contributed by atoms with E-state index in [1.54, 1.807) is 30.3 Å². The number of nitrogens with zero attached hydrogens (tertiary/aromatic N) is 2. The van der Waals surface area contributed by atoms with Gasteiger partial charge < -0.3 is 9.64 Å². The quantitative estimate of drug-likeness (QED) is 0.454. The Hall–Kier alpha value is -2.71. The molecule has 0 fully saturated rings. The van der Waals surface area contributed by atoms with Crippen LogP contribution >= 0.6 is 23.2 Å². The third-order valence-corrected chi connectivity index (χ3v) is 5.63. The van der Waals surface area contributed by atoms with E-state index in [4.69, 9.17) is 27.9 Å². The average Bonchev–Trinajstić information content (AvgIpc) is 2.74. The Kier molecular flexibility index (Phi) is 8.20. The standard InChI is InChI=1S/C22H21Cl2F3N2O3/c1-4-12-21(14-28(2)19(30)22(25,26)27,15-10-11-17(23)18(24)13-15)29(3)20(31)32-16-8-6-5-7-9-16/h4-11,13H,1,12,14H2,2-3H3/t21-/m1/s1. The van der Waals surface area contributed by atoms with Crippen molar-refractivity contribution in [2.24, 2.45) is 0 Å². The number of carbonyl (C=O) groups excluding carboxylic acids is 2. The van der Waals surface area contributed by atoms with Gasteiger partial charge in [0.05, 0.1) is 15.6 Å². The van der Waals surface area contributed by atoms with Crippen LogP contribution in [0.1, 0.15) is 12.0 Å². The zero-order valence-electron chi connectivity index (χ0n) is 17.3. The van der Waals surface area contributed by atoms with Gasteiger partial charge in [-0.25, -0.2) is 4.79 Å². The van der Waals surface area contributed by atoms with Crippen molar-refractivity contribution in [2.75, 3.05) is 20.6 Å². The predicted molar refractivity (Wildman–Crippen MR) is 117 cm³/mol. The highest BCUT2D eigenvalue weighted by molar-refractivity contribution is 6.42. The van der Waals surface area contributed by atoms with Crippen molar-refractivity contribution < 1.29 is 27.5 Å². The van der Waals surface area contributed by atoms with Crippen LogP contribution in [0.25, 0.3) is 0 Å². The largest absolute Gasteiger partial charge is 0.471 e. The molecule has 10 heteroatoms. The van der Waals surface area contributed by atoms with E-state index in [9.17, 15) is 22.8 Å². The molecule has 0 radical (unpaired) electrons. The molecule has 0 saturated heterocycles. The molecule has 0 N–H and O–H groups in total. The summed E-state index contributed by atoms with van der Waals surface area (Å²) in [5, 5.41) is 0.351. The second-order valence-corrected chi connectivity index (χ2v) is 7.87. The van der Waals surface area contributed by atoms with E-state index in [1.807, 2.05) is 0 Å². The Labute approximate surface area is 194 Å². The summed E-state index contributed by atoms with van der Waals surface area (Å²) in [7, 11) is 2.37. The molecule has 0 spiro atoms. The van der Waals surface area contributed by atoms with E-state index in [0.29, 0.717) is 10.5 Å². The van der Waals surface area contributed by atoms with Crippen LogP contribution in [0.15, 0.2) is 61.2 Å². The summed E-state index contributed by atoms with van der Waals surface area (Å²) in [5.74, 6) is -1.82. The van der Waals surface area contributed by atoms with E-state index in [1.165, 1.54) is 31.3 Å². The van der Waals surface area contributed by atoms with Gasteiger partial charge in [0.15, 0.2) is 0 Å². The number of para-hydroxylation sites is 1. The first-order valence-electron chi connectivity index (χ1n) is 9.32. The first-order chi connectivity index (χ1) is 14.9. The minimum Gasteiger partial charge on any atom is -0.410 e. The maximum atomic E-state index is 13.1. The number of benzene rings is 2. The molecule has 0 aliphatic heterocycles. The average molecular weight is 489 g/mol. The summed E-state index contributed by atoms with van der Waals surface area (Å²) < 4.78 is 44.6. The summed E-state index contributed by atoms with van der Waals surface area (Å²) in [6, 6.07) is 12.6. The maximum absolute atomic E-state index is 13.1. The van der Waals surface area contributed by atoms with Crippen LogP contribution in [-0.2, 0) is 10.3 Å². The van der Waals surface area contributed by atoms with E-state index >= 15 is 0 Å². The van der Waals surface area contributed by atoms with Crippen molar-refractivity contribution in [3.8, 4) is 5.75 Å². The van der Waals surface area contributed by atoms with E-state index in [-0.39, 0.29) is 22.2 Å². The fourth-order valence-corrected chi connectivity index (χ4v) is 3.55. The van der Waals surface area contributed by atoms with Gasteiger partial charge in [0.2, 0.25) is 0 Å². The van der Waals surface area contributed by atoms with Gasteiger partial charge in [-0.05, 0) is 36.2 Å². The lowest BCUT2D eigenvalue weighted by molar-refractivity contribution is -0.185. The number of hydrogen-bond donors (Lipinski definition) is 0. The normalized spacial score (nSPS) is 13.1. The summed E-state index contributed by atoms with van der Waals surface area (Å²) in [4.78, 5) is 26.5. The zero-order valence-corrected chi connectivity index (χ0v) is 18.8. The molecule has 32 heavy (non-hydrogen) atoms. The molecular weight excluding hydrogens is 468 g/mol. The predicted octanol–water partition coefficient (Wildman–Crippen LogP) is 5.92. The molecule has 2 rings (SSSR count). The molecule has 0 aliphatic carbocycles. The van der Waals surface area contributed by atoms with Gasteiger partial charge in [0.1, 0.15) is 5.75 Å². The summed E-state index contributed by atoms with van der Waals surface area (Å²) >= 11 is 12.2. The van der Waals surface area contributed by atoms with Crippen LogP contribution in [0.3, 0.4) is 0 Å². The van der Waals surface area contributed by atoms with E-state index in [0.717, 1.165) is 11.9 Å². The lowest BCUT2D eigenvalue weighted by Crippen LogP contribution is -2.56. The minimum absolute atomic E-state index is 0.0131. The maximum Gasteiger partial charge on any atom is 0.471 e. The number of carbonyl (C=O) groups is 2. The van der Waals surface area contributed by atoms with Crippen LogP contribution in [0.5, 0.6) is 5.75 Å². The van der Waals surface area contributed by atoms with Gasteiger partial charge in [-0.15, -0.1) is 6.58 Å². The molecular formula is C22H21Cl2F3N2O3. The van der Waals surface area contributed by atoms with Gasteiger partial charge in [0, 0.05) is 20.6 Å². The van der Waals surface area contributed by atoms with Crippen molar-refractivity contribution in [3.63, 3.8) is 0 Å². The molecule has 5 nitrogen and oxygen atoms in total. The van der Waals surface area contributed by atoms with Crippen molar-refractivity contribution in [2.45, 2.75) is 18.1 Å². The Morgan fingerprint density at radius 1 is 1.06 bits per heavy atom. The summed E-state index contributed by atoms with van der Waals surface area (Å²) in [6.07, 6.45) is -4.52. The highest BCUT2D eigenvalue weighted by Crippen LogP contribution is 2.37. The number of amides is 2. The Bertz CT molecular complexity index is 986. The smallest absolute Gasteiger partial charge is 0.410 e. The van der Waals surface area contributed by atoms with Crippen LogP contribution in [0.2, 0.25) is 10.0 Å². The van der Waals surface area contributed by atoms with Crippen molar-refractivity contribution in [1.29, 1.82) is 0 Å². The monoisotopic (exact) mass is 488 g/mol. The highest BCUT2D eigenvalue weighted by atomic mass is 35.5. The molecule has 2 aromatic carbocycles. The van der Waals surface area contributed by atoms with Gasteiger partial charge in [-0.2, -0.15) is 13.2 Å². The second kappa shape index (κ2) is 10.3. The molecule has 0 bridgehead atoms. The molecule has 0 heterocycles. The molecule has 0 unspecified atom stereocenters. The summed E-state index contributed by atoms with van der Waals surface area (Å²) in [5.41, 5.74) is -1.14. The van der Waals surface area contributed by atoms with Crippen molar-refractivity contribution in [3.05, 3.63) is 76.8 Å². The fraction of sp³-hybridized carbons (Fsp3) is 0.273. The SMILES string of the molecule is C=CC[C@@](CN(C)C(=O)C(F)(F)F)(c1ccc(Cl)c(Cl)c1)N(C)C(=O)Oc1ccccc1. The molecule has 0 aromatic heterocycles. The number of alkyl halides is 3. The number of rotatable bonds is 7. The topological polar surface area (TPSA) is 49.9 Å². The van der Waals surface area contributed by atoms with Crippen LogP contribution in [0, 0.1) is 0 Å². The minimum atomic E-state index is -5.09. The molecule has 172 valence electrons. The lowest BCUT2D eigenvalue weighted by atomic mass is 9.84. The highest BCUT2D eigenvalue weighted by Gasteiger charge is 2.46. The first kappa shape index (κ1) is 25.5. The van der Waals surface area contributed by atoms with Crippen molar-refractivity contribution in [1.82, 2.24) is 9.80 Å². The number of halogens is 5. The van der Waals surface area contributed by atoms with Crippen molar-refractivity contribution >= 4 is 35.2 Å². The van der Waals surface area contributed by atoms with Gasteiger partial charge in [0.25, 0.3) is 0 Å². The van der Waals surface area contributed by atoms with Crippen LogP contribution in [0.4, 0.5) is 18.0 Å². The number of hydrogen-bond acceptors (Lipinski definition) is 3. The molecule has 1 atom stereocenters. The molecule has 0 saturated carbocycles. The van der Waals surface area contributed by atoms with E-state index in [2.05, 4.69) is 6.58 Å². The van der Waals surface area contributed by atoms with Gasteiger partial charge in [-0.1, -0.05) is 53.5 Å². The van der Waals surface area contributed by atoms with E-state index < -0.39 is 30.3 Å². The summed E-state index contributed by atoms with van der Waals surface area (Å²) in [6.45, 7) is 3.16. The lowest BCUT2D eigenvalue weighted by Gasteiger charge is -2.43. The first-order valence-corrected chi connectivity index (χ1v) is 10.1.